The zero-order valence-corrected chi connectivity index (χ0v) is 13.8. The molecule has 2 aromatic rings. The molecule has 1 aliphatic heterocycles. The average molecular weight is 419 g/mol. The number of rotatable bonds is 2. The van der Waals surface area contributed by atoms with Crippen LogP contribution in [0.3, 0.4) is 0 Å². The van der Waals surface area contributed by atoms with Crippen molar-refractivity contribution in [2.24, 2.45) is 0 Å². The van der Waals surface area contributed by atoms with Crippen LogP contribution in [0, 0.1) is 5.82 Å². The lowest BCUT2D eigenvalue weighted by Crippen LogP contribution is -2.28. The number of fused-ring (bicyclic) bond motifs is 1. The molecule has 0 saturated heterocycles. The summed E-state index contributed by atoms with van der Waals surface area (Å²) in [5.41, 5.74) is 0.559. The molecule has 0 atom stereocenters. The third-order valence-corrected chi connectivity index (χ3v) is 5.17. The summed E-state index contributed by atoms with van der Waals surface area (Å²) in [7, 11) is 0. The van der Waals surface area contributed by atoms with Gasteiger partial charge in [0.2, 0.25) is 0 Å². The van der Waals surface area contributed by atoms with Gasteiger partial charge in [-0.05, 0) is 56.1 Å². The monoisotopic (exact) mass is 417 g/mol. The molecule has 0 bridgehead atoms. The molecule has 1 aliphatic rings. The molecule has 1 amide bonds. The maximum Gasteiger partial charge on any atom is 0.299 e. The normalized spacial score (nSPS) is 14.1. The Morgan fingerprint density at radius 1 is 1.20 bits per heavy atom. The molecule has 3 nitrogen and oxygen atoms in total. The van der Waals surface area contributed by atoms with Gasteiger partial charge in [0.15, 0.2) is 0 Å². The molecule has 7 heteroatoms. The number of carbonyl (C=O) groups is 2. The second-order valence-corrected chi connectivity index (χ2v) is 7.61. The van der Waals surface area contributed by atoms with E-state index in [1.54, 1.807) is 0 Å². The highest BCUT2D eigenvalue weighted by Gasteiger charge is 2.36. The van der Waals surface area contributed by atoms with E-state index < -0.39 is 17.5 Å². The predicted octanol–water partition coefficient (Wildman–Crippen LogP) is 4.14. The number of hydrogen-bond donors (Lipinski definition) is 0. The van der Waals surface area contributed by atoms with Crippen LogP contribution in [-0.4, -0.2) is 11.7 Å². The molecule has 0 radical (unpaired) electrons. The predicted molar refractivity (Wildman–Crippen MR) is 81.6 cm³/mol. The summed E-state index contributed by atoms with van der Waals surface area (Å²) in [5.74, 6) is -1.72. The SMILES string of the molecule is O=C1C(=O)N(Cc2ccc(Br)s2)c2cc(F)c(Br)cc21. The molecule has 102 valence electrons. The van der Waals surface area contributed by atoms with E-state index in [0.717, 1.165) is 8.66 Å². The number of anilines is 1. The van der Waals surface area contributed by atoms with Crippen LogP contribution < -0.4 is 4.90 Å². The smallest absolute Gasteiger partial charge is 0.299 e. The summed E-state index contributed by atoms with van der Waals surface area (Å²) in [5, 5.41) is 0. The standard InChI is InChI=1S/C13H6Br2FNO2S/c14-8-3-7-10(4-9(8)16)17(13(19)12(7)18)5-6-1-2-11(15)20-6/h1-4H,5H2. The number of halogens is 3. The van der Waals surface area contributed by atoms with Crippen LogP contribution in [0.25, 0.3) is 0 Å². The quantitative estimate of drug-likeness (QED) is 0.687. The first-order chi connectivity index (χ1) is 9.47. The Kier molecular flexibility index (Phi) is 3.51. The minimum absolute atomic E-state index is 0.179. The molecule has 0 aliphatic carbocycles. The van der Waals surface area contributed by atoms with Crippen LogP contribution in [0.1, 0.15) is 15.2 Å². The Morgan fingerprint density at radius 2 is 1.95 bits per heavy atom. The van der Waals surface area contributed by atoms with Gasteiger partial charge >= 0.3 is 0 Å². The van der Waals surface area contributed by atoms with Crippen molar-refractivity contribution in [1.29, 1.82) is 0 Å². The van der Waals surface area contributed by atoms with E-state index in [-0.39, 0.29) is 16.6 Å². The first kappa shape index (κ1) is 13.9. The number of amides is 1. The average Bonchev–Trinajstić information content (AvgIpc) is 2.90. The van der Waals surface area contributed by atoms with Crippen LogP contribution in [0.5, 0.6) is 0 Å². The Hall–Kier alpha value is -1.05. The molecule has 0 fully saturated rings. The van der Waals surface area contributed by atoms with Gasteiger partial charge in [-0.1, -0.05) is 0 Å². The fourth-order valence-corrected chi connectivity index (χ4v) is 3.85. The van der Waals surface area contributed by atoms with Crippen molar-refractivity contribution in [3.05, 3.63) is 48.8 Å². The van der Waals surface area contributed by atoms with E-state index in [2.05, 4.69) is 31.9 Å². The number of thiophene rings is 1. The summed E-state index contributed by atoms with van der Waals surface area (Å²) < 4.78 is 14.8. The van der Waals surface area contributed by atoms with E-state index in [0.29, 0.717) is 5.69 Å². The number of Topliss-reactive ketones (excluding diaryl/α,β-unsaturated/α-hetero) is 1. The van der Waals surface area contributed by atoms with Crippen LogP contribution in [0.15, 0.2) is 32.5 Å². The molecular formula is C13H6Br2FNO2S. The van der Waals surface area contributed by atoms with Crippen LogP contribution in [0.4, 0.5) is 10.1 Å². The molecule has 2 heterocycles. The minimum Gasteiger partial charge on any atom is -0.299 e. The van der Waals surface area contributed by atoms with Gasteiger partial charge in [0.05, 0.1) is 26.1 Å². The lowest BCUT2D eigenvalue weighted by atomic mass is 10.1. The Labute approximate surface area is 134 Å². The second-order valence-electron chi connectivity index (χ2n) is 4.21. The largest absolute Gasteiger partial charge is 0.299 e. The second kappa shape index (κ2) is 5.05. The maximum absolute atomic E-state index is 13.6. The van der Waals surface area contributed by atoms with Crippen LogP contribution in [0.2, 0.25) is 0 Å². The fourth-order valence-electron chi connectivity index (χ4n) is 2.04. The van der Waals surface area contributed by atoms with Gasteiger partial charge in [-0.3, -0.25) is 14.5 Å². The summed E-state index contributed by atoms with van der Waals surface area (Å²) in [6.07, 6.45) is 0. The third-order valence-electron chi connectivity index (χ3n) is 2.96. The zero-order valence-electron chi connectivity index (χ0n) is 9.82. The van der Waals surface area contributed by atoms with Crippen molar-refractivity contribution >= 4 is 60.6 Å². The Bertz CT molecular complexity index is 744. The molecule has 1 aromatic heterocycles. The highest BCUT2D eigenvalue weighted by Crippen LogP contribution is 2.35. The van der Waals surface area contributed by atoms with E-state index in [1.807, 2.05) is 12.1 Å². The number of carbonyl (C=O) groups excluding carboxylic acids is 2. The molecular weight excluding hydrogens is 413 g/mol. The first-order valence-electron chi connectivity index (χ1n) is 5.57. The topological polar surface area (TPSA) is 37.4 Å². The van der Waals surface area contributed by atoms with Gasteiger partial charge in [-0.2, -0.15) is 0 Å². The third kappa shape index (κ3) is 2.23. The molecule has 0 N–H and O–H groups in total. The lowest BCUT2D eigenvalue weighted by molar-refractivity contribution is -0.114. The van der Waals surface area contributed by atoms with Crippen LogP contribution in [-0.2, 0) is 11.3 Å². The number of hydrogen-bond acceptors (Lipinski definition) is 3. The van der Waals surface area contributed by atoms with E-state index in [4.69, 9.17) is 0 Å². The van der Waals surface area contributed by atoms with Crippen molar-refractivity contribution in [3.63, 3.8) is 0 Å². The molecule has 0 saturated carbocycles. The van der Waals surface area contributed by atoms with E-state index in [9.17, 15) is 14.0 Å². The van der Waals surface area contributed by atoms with E-state index in [1.165, 1.54) is 28.4 Å². The van der Waals surface area contributed by atoms with Gasteiger partial charge in [0.25, 0.3) is 11.7 Å². The first-order valence-corrected chi connectivity index (χ1v) is 7.97. The van der Waals surface area contributed by atoms with E-state index >= 15 is 0 Å². The molecule has 0 spiro atoms. The summed E-state index contributed by atoms with van der Waals surface area (Å²) >= 11 is 7.84. The van der Waals surface area contributed by atoms with Crippen molar-refractivity contribution < 1.29 is 14.0 Å². The molecule has 20 heavy (non-hydrogen) atoms. The van der Waals surface area contributed by atoms with Gasteiger partial charge in [-0.15, -0.1) is 11.3 Å². The van der Waals surface area contributed by atoms with Crippen molar-refractivity contribution in [2.45, 2.75) is 6.54 Å². The highest BCUT2D eigenvalue weighted by molar-refractivity contribution is 9.11. The fraction of sp³-hybridized carbons (Fsp3) is 0.0769. The summed E-state index contributed by atoms with van der Waals surface area (Å²) in [6, 6.07) is 6.30. The maximum atomic E-state index is 13.6. The van der Waals surface area contributed by atoms with Crippen LogP contribution >= 0.6 is 43.2 Å². The Morgan fingerprint density at radius 3 is 2.60 bits per heavy atom. The number of nitrogens with zero attached hydrogens (tertiary/aromatic N) is 1. The lowest BCUT2D eigenvalue weighted by Gasteiger charge is -2.15. The van der Waals surface area contributed by atoms with Crippen molar-refractivity contribution in [2.75, 3.05) is 4.90 Å². The zero-order chi connectivity index (χ0) is 14.4. The van der Waals surface area contributed by atoms with Gasteiger partial charge in [0, 0.05) is 4.88 Å². The van der Waals surface area contributed by atoms with Gasteiger partial charge in [-0.25, -0.2) is 4.39 Å². The van der Waals surface area contributed by atoms with Gasteiger partial charge in [0.1, 0.15) is 5.82 Å². The molecule has 1 aromatic carbocycles. The number of benzene rings is 1. The van der Waals surface area contributed by atoms with Crippen molar-refractivity contribution in [1.82, 2.24) is 0 Å². The Balaban J connectivity index is 2.03. The number of ketones is 1. The van der Waals surface area contributed by atoms with Crippen molar-refractivity contribution in [3.8, 4) is 0 Å². The summed E-state index contributed by atoms with van der Waals surface area (Å²) in [4.78, 5) is 26.2. The van der Waals surface area contributed by atoms with Gasteiger partial charge < -0.3 is 0 Å². The minimum atomic E-state index is -0.623. The molecule has 3 rings (SSSR count). The highest BCUT2D eigenvalue weighted by atomic mass is 79.9. The molecule has 0 unspecified atom stereocenters. The summed E-state index contributed by atoms with van der Waals surface area (Å²) in [6.45, 7) is 0.259.